The van der Waals surface area contributed by atoms with Crippen LogP contribution in [0, 0.1) is 0 Å². The molecule has 0 aromatic heterocycles. The van der Waals surface area contributed by atoms with Crippen LogP contribution in [-0.4, -0.2) is 44.3 Å². The van der Waals surface area contributed by atoms with Gasteiger partial charge in [-0.05, 0) is 47.0 Å². The van der Waals surface area contributed by atoms with Crippen LogP contribution in [0.15, 0.2) is 60.7 Å². The Morgan fingerprint density at radius 3 is 1.33 bits per heavy atom. The second kappa shape index (κ2) is 7.88. The zero-order chi connectivity index (χ0) is 22.0. The van der Waals surface area contributed by atoms with E-state index in [-0.39, 0.29) is 38.9 Å². The molecule has 0 bridgehead atoms. The molecule has 0 aliphatic rings. The fraction of sp³-hybridized carbons (Fsp3) is 0. The van der Waals surface area contributed by atoms with Crippen molar-refractivity contribution in [2.75, 3.05) is 0 Å². The number of hydrogen-bond donors (Lipinski definition) is 4. The van der Waals surface area contributed by atoms with E-state index in [2.05, 4.69) is 0 Å². The monoisotopic (exact) mass is 406 g/mol. The van der Waals surface area contributed by atoms with Crippen LogP contribution in [-0.2, 0) is 0 Å². The van der Waals surface area contributed by atoms with Gasteiger partial charge in [-0.1, -0.05) is 30.3 Å². The van der Waals surface area contributed by atoms with E-state index in [9.17, 15) is 39.6 Å². The van der Waals surface area contributed by atoms with Crippen molar-refractivity contribution < 1.29 is 39.6 Å². The molecule has 0 saturated carbocycles. The first-order chi connectivity index (χ1) is 14.2. The van der Waals surface area contributed by atoms with Crippen molar-refractivity contribution >= 4 is 23.9 Å². The third kappa shape index (κ3) is 3.88. The van der Waals surface area contributed by atoms with E-state index in [4.69, 9.17) is 0 Å². The number of carboxylic acids is 4. The number of carbonyl (C=O) groups is 4. The summed E-state index contributed by atoms with van der Waals surface area (Å²) in [6, 6.07) is 13.8. The van der Waals surface area contributed by atoms with Crippen LogP contribution in [0.4, 0.5) is 0 Å². The summed E-state index contributed by atoms with van der Waals surface area (Å²) in [6.45, 7) is 0. The minimum absolute atomic E-state index is 0.00722. The van der Waals surface area contributed by atoms with Crippen LogP contribution in [0.25, 0.3) is 22.3 Å². The van der Waals surface area contributed by atoms with E-state index in [1.54, 1.807) is 30.3 Å². The minimum Gasteiger partial charge on any atom is -0.478 e. The highest BCUT2D eigenvalue weighted by molar-refractivity contribution is 6.07. The highest BCUT2D eigenvalue weighted by atomic mass is 16.4. The average molecular weight is 406 g/mol. The van der Waals surface area contributed by atoms with Crippen molar-refractivity contribution in [3.63, 3.8) is 0 Å². The van der Waals surface area contributed by atoms with Crippen molar-refractivity contribution in [2.24, 2.45) is 0 Å². The van der Waals surface area contributed by atoms with Gasteiger partial charge in [0.25, 0.3) is 0 Å². The van der Waals surface area contributed by atoms with Crippen molar-refractivity contribution in [3.8, 4) is 22.3 Å². The first-order valence-corrected chi connectivity index (χ1v) is 8.51. The summed E-state index contributed by atoms with van der Waals surface area (Å²) in [4.78, 5) is 46.6. The Kier molecular flexibility index (Phi) is 5.33. The number of benzene rings is 3. The molecule has 3 rings (SSSR count). The van der Waals surface area contributed by atoms with E-state index in [0.29, 0.717) is 5.56 Å². The summed E-state index contributed by atoms with van der Waals surface area (Å²) in [5.41, 5.74) is -0.775. The number of hydrogen-bond acceptors (Lipinski definition) is 4. The van der Waals surface area contributed by atoms with Crippen molar-refractivity contribution in [2.45, 2.75) is 0 Å². The first kappa shape index (κ1) is 20.3. The van der Waals surface area contributed by atoms with Gasteiger partial charge in [0.05, 0.1) is 22.3 Å². The fourth-order valence-electron chi connectivity index (χ4n) is 3.10. The van der Waals surface area contributed by atoms with Gasteiger partial charge >= 0.3 is 23.9 Å². The third-order valence-electron chi connectivity index (χ3n) is 4.42. The predicted molar refractivity (Wildman–Crippen MR) is 105 cm³/mol. The van der Waals surface area contributed by atoms with E-state index in [0.717, 1.165) is 18.2 Å². The van der Waals surface area contributed by atoms with Gasteiger partial charge in [-0.15, -0.1) is 0 Å². The van der Waals surface area contributed by atoms with E-state index < -0.39 is 23.9 Å². The molecule has 3 aromatic carbocycles. The SMILES string of the molecule is O=C(O)c1cc(C(=O)O)cc(-c2cc(C(=O)O)c(-c3ccccc3)c(C(=O)O)c2)c1. The van der Waals surface area contributed by atoms with Crippen LogP contribution in [0.2, 0.25) is 0 Å². The fourth-order valence-corrected chi connectivity index (χ4v) is 3.10. The highest BCUT2D eigenvalue weighted by Crippen LogP contribution is 2.34. The lowest BCUT2D eigenvalue weighted by atomic mass is 9.89. The van der Waals surface area contributed by atoms with Gasteiger partial charge in [-0.3, -0.25) is 0 Å². The van der Waals surface area contributed by atoms with Crippen LogP contribution in [0.3, 0.4) is 0 Å². The molecule has 0 aliphatic carbocycles. The zero-order valence-corrected chi connectivity index (χ0v) is 15.2. The molecule has 0 atom stereocenters. The van der Waals surface area contributed by atoms with Gasteiger partial charge in [0.15, 0.2) is 0 Å². The molecule has 0 radical (unpaired) electrons. The minimum atomic E-state index is -1.38. The molecule has 8 heteroatoms. The average Bonchev–Trinajstić information content (AvgIpc) is 2.72. The molecular weight excluding hydrogens is 392 g/mol. The molecule has 0 saturated heterocycles. The summed E-state index contributed by atoms with van der Waals surface area (Å²) in [7, 11) is 0. The van der Waals surface area contributed by atoms with Gasteiger partial charge in [0, 0.05) is 5.56 Å². The van der Waals surface area contributed by atoms with Crippen LogP contribution in [0.5, 0.6) is 0 Å². The molecule has 0 unspecified atom stereocenters. The molecule has 30 heavy (non-hydrogen) atoms. The second-order valence-corrected chi connectivity index (χ2v) is 6.33. The predicted octanol–water partition coefficient (Wildman–Crippen LogP) is 3.81. The van der Waals surface area contributed by atoms with Gasteiger partial charge in [-0.2, -0.15) is 0 Å². The van der Waals surface area contributed by atoms with E-state index in [1.165, 1.54) is 12.1 Å². The quantitative estimate of drug-likeness (QED) is 0.483. The molecule has 0 fully saturated rings. The molecule has 8 nitrogen and oxygen atoms in total. The number of aromatic carboxylic acids is 4. The van der Waals surface area contributed by atoms with Gasteiger partial charge < -0.3 is 20.4 Å². The maximum atomic E-state index is 11.9. The number of carboxylic acid groups (broad SMARTS) is 4. The molecule has 0 heterocycles. The lowest BCUT2D eigenvalue weighted by Crippen LogP contribution is -2.08. The van der Waals surface area contributed by atoms with Crippen molar-refractivity contribution in [1.82, 2.24) is 0 Å². The third-order valence-corrected chi connectivity index (χ3v) is 4.42. The molecule has 0 amide bonds. The Morgan fingerprint density at radius 2 is 0.933 bits per heavy atom. The highest BCUT2D eigenvalue weighted by Gasteiger charge is 2.23. The molecule has 0 spiro atoms. The summed E-state index contributed by atoms with van der Waals surface area (Å²) in [5, 5.41) is 37.9. The maximum absolute atomic E-state index is 11.9. The van der Waals surface area contributed by atoms with E-state index in [1.807, 2.05) is 0 Å². The second-order valence-electron chi connectivity index (χ2n) is 6.33. The summed E-state index contributed by atoms with van der Waals surface area (Å²) in [5.74, 6) is -5.52. The Morgan fingerprint density at radius 1 is 0.500 bits per heavy atom. The molecule has 150 valence electrons. The van der Waals surface area contributed by atoms with Crippen LogP contribution in [0.1, 0.15) is 41.4 Å². The van der Waals surface area contributed by atoms with Crippen LogP contribution < -0.4 is 0 Å². The zero-order valence-electron chi connectivity index (χ0n) is 15.2. The summed E-state index contributed by atoms with van der Waals surface area (Å²) >= 11 is 0. The van der Waals surface area contributed by atoms with Gasteiger partial charge in [0.1, 0.15) is 0 Å². The molecule has 4 N–H and O–H groups in total. The maximum Gasteiger partial charge on any atom is 0.336 e. The molecular formula is C22H14O8. The Hall–Kier alpha value is -4.46. The first-order valence-electron chi connectivity index (χ1n) is 8.51. The van der Waals surface area contributed by atoms with Crippen LogP contribution >= 0.6 is 0 Å². The standard InChI is InChI=1S/C22H14O8/c23-19(24)14-6-12(7-15(8-14)20(25)26)13-9-16(21(27)28)18(17(10-13)22(29)30)11-4-2-1-3-5-11/h1-10H,(H,23,24)(H,25,26)(H,27,28)(H,29,30). The lowest BCUT2D eigenvalue weighted by molar-refractivity contribution is 0.0677. The Labute approximate surface area is 169 Å². The smallest absolute Gasteiger partial charge is 0.336 e. The summed E-state index contributed by atoms with van der Waals surface area (Å²) < 4.78 is 0. The normalized spacial score (nSPS) is 10.4. The number of rotatable bonds is 6. The Balaban J connectivity index is 2.36. The largest absolute Gasteiger partial charge is 0.478 e. The van der Waals surface area contributed by atoms with Gasteiger partial charge in [0.2, 0.25) is 0 Å². The lowest BCUT2D eigenvalue weighted by Gasteiger charge is -2.14. The van der Waals surface area contributed by atoms with Gasteiger partial charge in [-0.25, -0.2) is 19.2 Å². The molecule has 0 aliphatic heterocycles. The topological polar surface area (TPSA) is 149 Å². The van der Waals surface area contributed by atoms with Crippen molar-refractivity contribution in [3.05, 3.63) is 82.9 Å². The molecule has 3 aromatic rings. The van der Waals surface area contributed by atoms with E-state index >= 15 is 0 Å². The Bertz CT molecular complexity index is 1130. The summed E-state index contributed by atoms with van der Waals surface area (Å²) in [6.07, 6.45) is 0. The van der Waals surface area contributed by atoms with Crippen molar-refractivity contribution in [1.29, 1.82) is 0 Å².